The average molecular weight is 154 g/mol. The number of carbonyl (C=O) groups excluding carboxylic acids is 1. The molecule has 1 rings (SSSR count). The van der Waals surface area contributed by atoms with E-state index in [0.29, 0.717) is 23.5 Å². The van der Waals surface area contributed by atoms with Gasteiger partial charge in [0.2, 0.25) is 0 Å². The molecule has 3 unspecified atom stereocenters. The Morgan fingerprint density at radius 1 is 1.64 bits per heavy atom. The van der Waals surface area contributed by atoms with Gasteiger partial charge in [-0.05, 0) is 18.8 Å². The van der Waals surface area contributed by atoms with E-state index in [4.69, 9.17) is 0 Å². The molecule has 1 heteroatoms. The fourth-order valence-corrected chi connectivity index (χ4v) is 1.66. The van der Waals surface area contributed by atoms with Crippen LogP contribution < -0.4 is 0 Å². The maximum Gasteiger partial charge on any atom is 0.139 e. The van der Waals surface area contributed by atoms with Crippen LogP contribution in [0.25, 0.3) is 0 Å². The van der Waals surface area contributed by atoms with Gasteiger partial charge in [0.05, 0.1) is 0 Å². The molecule has 1 aliphatic carbocycles. The fraction of sp³-hybridized carbons (Fsp3) is 0.900. The smallest absolute Gasteiger partial charge is 0.139 e. The highest BCUT2D eigenvalue weighted by atomic mass is 16.1. The van der Waals surface area contributed by atoms with E-state index in [2.05, 4.69) is 20.8 Å². The van der Waals surface area contributed by atoms with Gasteiger partial charge in [-0.2, -0.15) is 0 Å². The van der Waals surface area contributed by atoms with E-state index in [0.717, 1.165) is 19.3 Å². The van der Waals surface area contributed by atoms with E-state index in [1.807, 2.05) is 0 Å². The molecule has 0 N–H and O–H groups in total. The van der Waals surface area contributed by atoms with Gasteiger partial charge < -0.3 is 0 Å². The van der Waals surface area contributed by atoms with Crippen molar-refractivity contribution >= 4 is 5.78 Å². The van der Waals surface area contributed by atoms with Crippen LogP contribution in [0.5, 0.6) is 0 Å². The highest BCUT2D eigenvalue weighted by Crippen LogP contribution is 2.40. The van der Waals surface area contributed by atoms with Gasteiger partial charge in [0.25, 0.3) is 0 Å². The second-order valence-corrected chi connectivity index (χ2v) is 3.91. The lowest BCUT2D eigenvalue weighted by Crippen LogP contribution is -2.13. The zero-order valence-electron chi connectivity index (χ0n) is 7.76. The molecule has 11 heavy (non-hydrogen) atoms. The van der Waals surface area contributed by atoms with Crippen molar-refractivity contribution in [2.75, 3.05) is 0 Å². The molecule has 0 saturated heterocycles. The van der Waals surface area contributed by atoms with Crippen LogP contribution in [-0.4, -0.2) is 5.78 Å². The molecule has 0 spiro atoms. The van der Waals surface area contributed by atoms with Crippen LogP contribution in [0.2, 0.25) is 0 Å². The van der Waals surface area contributed by atoms with E-state index < -0.39 is 0 Å². The average Bonchev–Trinajstić information content (AvgIpc) is 2.66. The maximum atomic E-state index is 11.5. The van der Waals surface area contributed by atoms with E-state index in [9.17, 15) is 4.79 Å². The zero-order chi connectivity index (χ0) is 8.43. The molecule has 0 aromatic rings. The first-order valence-electron chi connectivity index (χ1n) is 4.70. The van der Waals surface area contributed by atoms with Crippen LogP contribution in [0.15, 0.2) is 0 Å². The number of Topliss-reactive ketones (excluding diaryl/α,β-unsaturated/α-hetero) is 1. The number of hydrogen-bond acceptors (Lipinski definition) is 1. The molecule has 3 atom stereocenters. The zero-order valence-corrected chi connectivity index (χ0v) is 7.76. The summed E-state index contributed by atoms with van der Waals surface area (Å²) in [5, 5.41) is 0. The summed E-state index contributed by atoms with van der Waals surface area (Å²) in [7, 11) is 0. The van der Waals surface area contributed by atoms with Crippen molar-refractivity contribution in [2.24, 2.45) is 17.8 Å². The molecule has 1 saturated carbocycles. The number of carbonyl (C=O) groups is 1. The van der Waals surface area contributed by atoms with Crippen molar-refractivity contribution in [1.82, 2.24) is 0 Å². The van der Waals surface area contributed by atoms with Gasteiger partial charge in [-0.25, -0.2) is 0 Å². The molecule has 1 fully saturated rings. The SMILES string of the molecule is CCCC(C)C(=O)C1CC1C. The number of rotatable bonds is 4. The Bertz CT molecular complexity index is 151. The lowest BCUT2D eigenvalue weighted by molar-refractivity contribution is -0.124. The van der Waals surface area contributed by atoms with Crippen molar-refractivity contribution in [3.05, 3.63) is 0 Å². The Labute approximate surface area is 69.2 Å². The summed E-state index contributed by atoms with van der Waals surface area (Å²) in [4.78, 5) is 11.5. The number of hydrogen-bond donors (Lipinski definition) is 0. The molecule has 0 radical (unpaired) electrons. The third-order valence-electron chi connectivity index (χ3n) is 2.68. The lowest BCUT2D eigenvalue weighted by Gasteiger charge is -2.06. The molecule has 64 valence electrons. The number of ketones is 1. The summed E-state index contributed by atoms with van der Waals surface area (Å²) in [6, 6.07) is 0. The summed E-state index contributed by atoms with van der Waals surface area (Å²) < 4.78 is 0. The van der Waals surface area contributed by atoms with Gasteiger partial charge >= 0.3 is 0 Å². The second kappa shape index (κ2) is 3.38. The molecule has 1 nitrogen and oxygen atoms in total. The molecule has 0 aromatic heterocycles. The lowest BCUT2D eigenvalue weighted by atomic mass is 9.97. The third-order valence-corrected chi connectivity index (χ3v) is 2.68. The first-order chi connectivity index (χ1) is 5.16. The summed E-state index contributed by atoms with van der Waals surface area (Å²) in [6.07, 6.45) is 3.35. The molecule has 1 aliphatic rings. The Balaban J connectivity index is 2.29. The minimum atomic E-state index is 0.315. The van der Waals surface area contributed by atoms with Crippen LogP contribution in [0.4, 0.5) is 0 Å². The van der Waals surface area contributed by atoms with Crippen molar-refractivity contribution in [3.63, 3.8) is 0 Å². The highest BCUT2D eigenvalue weighted by molar-refractivity contribution is 5.85. The van der Waals surface area contributed by atoms with E-state index in [-0.39, 0.29) is 0 Å². The maximum absolute atomic E-state index is 11.5. The van der Waals surface area contributed by atoms with Crippen LogP contribution >= 0.6 is 0 Å². The predicted octanol–water partition coefficient (Wildman–Crippen LogP) is 2.65. The summed E-state index contributed by atoms with van der Waals surface area (Å²) >= 11 is 0. The monoisotopic (exact) mass is 154 g/mol. The van der Waals surface area contributed by atoms with Gasteiger partial charge in [-0.15, -0.1) is 0 Å². The topological polar surface area (TPSA) is 17.1 Å². The van der Waals surface area contributed by atoms with Gasteiger partial charge in [0, 0.05) is 11.8 Å². The van der Waals surface area contributed by atoms with Crippen molar-refractivity contribution in [3.8, 4) is 0 Å². The van der Waals surface area contributed by atoms with Crippen LogP contribution in [0.1, 0.15) is 40.0 Å². The first kappa shape index (κ1) is 8.76. The van der Waals surface area contributed by atoms with Gasteiger partial charge in [0.1, 0.15) is 5.78 Å². The molecule has 0 aromatic carbocycles. The minimum absolute atomic E-state index is 0.315. The molecule has 0 aliphatic heterocycles. The quantitative estimate of drug-likeness (QED) is 0.608. The van der Waals surface area contributed by atoms with Crippen LogP contribution in [0.3, 0.4) is 0 Å². The first-order valence-corrected chi connectivity index (χ1v) is 4.70. The van der Waals surface area contributed by atoms with Gasteiger partial charge in [-0.3, -0.25) is 4.79 Å². The molecule has 0 heterocycles. The fourth-order valence-electron chi connectivity index (χ4n) is 1.66. The Morgan fingerprint density at radius 2 is 2.18 bits per heavy atom. The summed E-state index contributed by atoms with van der Waals surface area (Å²) in [5.74, 6) is 1.94. The molecular formula is C10H18O. The van der Waals surface area contributed by atoms with E-state index in [1.165, 1.54) is 0 Å². The Morgan fingerprint density at radius 3 is 2.55 bits per heavy atom. The minimum Gasteiger partial charge on any atom is -0.299 e. The molecular weight excluding hydrogens is 136 g/mol. The van der Waals surface area contributed by atoms with Gasteiger partial charge in [0.15, 0.2) is 0 Å². The standard InChI is InChI=1S/C10H18O/c1-4-5-7(2)10(11)9-6-8(9)3/h7-9H,4-6H2,1-3H3. The van der Waals surface area contributed by atoms with Crippen LogP contribution in [-0.2, 0) is 4.79 Å². The Kier molecular flexibility index (Phi) is 2.69. The largest absolute Gasteiger partial charge is 0.299 e. The van der Waals surface area contributed by atoms with Crippen LogP contribution in [0, 0.1) is 17.8 Å². The van der Waals surface area contributed by atoms with Crippen molar-refractivity contribution in [1.29, 1.82) is 0 Å². The van der Waals surface area contributed by atoms with Gasteiger partial charge in [-0.1, -0.05) is 27.2 Å². The van der Waals surface area contributed by atoms with E-state index in [1.54, 1.807) is 0 Å². The molecule has 0 bridgehead atoms. The summed E-state index contributed by atoms with van der Waals surface area (Å²) in [5.41, 5.74) is 0. The van der Waals surface area contributed by atoms with Crippen molar-refractivity contribution in [2.45, 2.75) is 40.0 Å². The highest BCUT2D eigenvalue weighted by Gasteiger charge is 2.40. The summed E-state index contributed by atoms with van der Waals surface area (Å²) in [6.45, 7) is 6.37. The molecule has 0 amide bonds. The Hall–Kier alpha value is -0.330. The normalized spacial score (nSPS) is 31.5. The third kappa shape index (κ3) is 2.05. The predicted molar refractivity (Wildman–Crippen MR) is 46.4 cm³/mol. The second-order valence-electron chi connectivity index (χ2n) is 3.91. The van der Waals surface area contributed by atoms with E-state index >= 15 is 0 Å². The van der Waals surface area contributed by atoms with Crippen molar-refractivity contribution < 1.29 is 4.79 Å².